The van der Waals surface area contributed by atoms with Crippen LogP contribution in [0.15, 0.2) is 11.1 Å². The van der Waals surface area contributed by atoms with E-state index in [0.717, 1.165) is 11.1 Å². The third kappa shape index (κ3) is 1.97. The summed E-state index contributed by atoms with van der Waals surface area (Å²) in [4.78, 5) is 22.6. The lowest BCUT2D eigenvalue weighted by Crippen LogP contribution is -2.28. The molecule has 0 heterocycles. The minimum absolute atomic E-state index is 0.0186. The Morgan fingerprint density at radius 2 is 2.00 bits per heavy atom. The molecule has 0 bridgehead atoms. The number of Topliss-reactive ketones (excluding diaryl/α,β-unsaturated/α-hetero) is 1. The van der Waals surface area contributed by atoms with Crippen molar-refractivity contribution in [1.82, 2.24) is 0 Å². The van der Waals surface area contributed by atoms with Crippen molar-refractivity contribution in [2.24, 2.45) is 5.92 Å². The highest BCUT2D eigenvalue weighted by molar-refractivity contribution is 6.01. The third-order valence-electron chi connectivity index (χ3n) is 2.55. The second-order valence-electron chi connectivity index (χ2n) is 3.48. The molecule has 0 fully saturated rings. The van der Waals surface area contributed by atoms with Crippen LogP contribution in [0.5, 0.6) is 0 Å². The molecule has 3 nitrogen and oxygen atoms in total. The average Bonchev–Trinajstić information content (AvgIpc) is 2.10. The molecule has 1 rings (SSSR count). The first-order chi connectivity index (χ1) is 6.06. The van der Waals surface area contributed by atoms with Crippen LogP contribution < -0.4 is 0 Å². The second kappa shape index (κ2) is 3.73. The van der Waals surface area contributed by atoms with Crippen molar-refractivity contribution in [3.05, 3.63) is 11.1 Å². The van der Waals surface area contributed by atoms with E-state index in [9.17, 15) is 9.59 Å². The van der Waals surface area contributed by atoms with Crippen LogP contribution in [0.4, 0.5) is 0 Å². The van der Waals surface area contributed by atoms with Gasteiger partial charge < -0.3 is 4.74 Å². The fourth-order valence-electron chi connectivity index (χ4n) is 1.49. The molecule has 0 aliphatic heterocycles. The molecule has 1 aliphatic rings. The van der Waals surface area contributed by atoms with E-state index in [2.05, 4.69) is 4.74 Å². The van der Waals surface area contributed by atoms with Crippen molar-refractivity contribution < 1.29 is 14.3 Å². The van der Waals surface area contributed by atoms with Gasteiger partial charge in [0.1, 0.15) is 5.92 Å². The number of allylic oxidation sites excluding steroid dienone is 2. The van der Waals surface area contributed by atoms with Crippen molar-refractivity contribution in [3.63, 3.8) is 0 Å². The van der Waals surface area contributed by atoms with E-state index in [1.54, 1.807) is 0 Å². The molecule has 1 aliphatic carbocycles. The highest BCUT2D eigenvalue weighted by Crippen LogP contribution is 2.26. The summed E-state index contributed by atoms with van der Waals surface area (Å²) in [6.07, 6.45) is 0.920. The number of hydrogen-bond acceptors (Lipinski definition) is 3. The molecule has 3 heteroatoms. The molecule has 0 amide bonds. The zero-order chi connectivity index (χ0) is 10.0. The average molecular weight is 182 g/mol. The van der Waals surface area contributed by atoms with Gasteiger partial charge in [0.25, 0.3) is 0 Å². The Balaban J connectivity index is 2.82. The van der Waals surface area contributed by atoms with Crippen LogP contribution >= 0.6 is 0 Å². The van der Waals surface area contributed by atoms with E-state index in [-0.39, 0.29) is 5.78 Å². The van der Waals surface area contributed by atoms with Crippen LogP contribution in [0.25, 0.3) is 0 Å². The Morgan fingerprint density at radius 1 is 1.38 bits per heavy atom. The van der Waals surface area contributed by atoms with Gasteiger partial charge in [-0.05, 0) is 20.3 Å². The van der Waals surface area contributed by atoms with Crippen LogP contribution in [0, 0.1) is 5.92 Å². The predicted octanol–water partition coefficient (Wildman–Crippen LogP) is 1.47. The Labute approximate surface area is 77.8 Å². The molecule has 0 radical (unpaired) electrons. The van der Waals surface area contributed by atoms with E-state index in [4.69, 9.17) is 0 Å². The molecule has 0 aromatic carbocycles. The highest BCUT2D eigenvalue weighted by Gasteiger charge is 2.31. The number of esters is 1. The molecule has 0 saturated heterocycles. The van der Waals surface area contributed by atoms with Crippen molar-refractivity contribution in [1.29, 1.82) is 0 Å². The standard InChI is InChI=1S/C10H14O3/c1-6-4-8(10(12)13-3)9(11)5-7(6)2/h8H,4-5H2,1-3H3. The van der Waals surface area contributed by atoms with Gasteiger partial charge in [0.05, 0.1) is 7.11 Å². The first kappa shape index (κ1) is 9.96. The third-order valence-corrected chi connectivity index (χ3v) is 2.55. The fraction of sp³-hybridized carbons (Fsp3) is 0.600. The number of rotatable bonds is 1. The summed E-state index contributed by atoms with van der Waals surface area (Å²) in [5.74, 6) is -0.986. The molecule has 0 aromatic rings. The summed E-state index contributed by atoms with van der Waals surface area (Å²) in [6.45, 7) is 3.89. The topological polar surface area (TPSA) is 43.4 Å². The maximum atomic E-state index is 11.4. The van der Waals surface area contributed by atoms with Crippen LogP contribution in [0.3, 0.4) is 0 Å². The maximum Gasteiger partial charge on any atom is 0.316 e. The SMILES string of the molecule is COC(=O)C1CC(C)=C(C)CC1=O. The molecule has 1 atom stereocenters. The van der Waals surface area contributed by atoms with Gasteiger partial charge in [-0.3, -0.25) is 9.59 Å². The molecule has 0 N–H and O–H groups in total. The molecule has 0 spiro atoms. The van der Waals surface area contributed by atoms with Gasteiger partial charge in [0.15, 0.2) is 5.78 Å². The van der Waals surface area contributed by atoms with E-state index in [1.165, 1.54) is 7.11 Å². The Kier molecular flexibility index (Phi) is 2.86. The zero-order valence-electron chi connectivity index (χ0n) is 8.22. The Hall–Kier alpha value is -1.12. The highest BCUT2D eigenvalue weighted by atomic mass is 16.5. The van der Waals surface area contributed by atoms with Gasteiger partial charge in [-0.1, -0.05) is 11.1 Å². The molecular formula is C10H14O3. The van der Waals surface area contributed by atoms with Gasteiger partial charge in [-0.25, -0.2) is 0 Å². The second-order valence-corrected chi connectivity index (χ2v) is 3.48. The smallest absolute Gasteiger partial charge is 0.316 e. The van der Waals surface area contributed by atoms with E-state index in [0.29, 0.717) is 12.8 Å². The minimum Gasteiger partial charge on any atom is -0.468 e. The molecule has 13 heavy (non-hydrogen) atoms. The van der Waals surface area contributed by atoms with Crippen molar-refractivity contribution >= 4 is 11.8 Å². The van der Waals surface area contributed by atoms with E-state index in [1.807, 2.05) is 13.8 Å². The molecule has 0 saturated carbocycles. The number of carbonyl (C=O) groups excluding carboxylic acids is 2. The summed E-state index contributed by atoms with van der Waals surface area (Å²) in [5.41, 5.74) is 2.22. The number of hydrogen-bond donors (Lipinski definition) is 0. The number of methoxy groups -OCH3 is 1. The van der Waals surface area contributed by atoms with Crippen molar-refractivity contribution in [2.45, 2.75) is 26.7 Å². The fourth-order valence-corrected chi connectivity index (χ4v) is 1.49. The van der Waals surface area contributed by atoms with Gasteiger partial charge in [-0.2, -0.15) is 0 Å². The normalized spacial score (nSPS) is 23.3. The summed E-state index contributed by atoms with van der Waals surface area (Å²) >= 11 is 0. The van der Waals surface area contributed by atoms with Crippen LogP contribution in [-0.4, -0.2) is 18.9 Å². The van der Waals surface area contributed by atoms with E-state index < -0.39 is 11.9 Å². The number of ketones is 1. The summed E-state index contributed by atoms with van der Waals surface area (Å²) in [7, 11) is 1.32. The first-order valence-corrected chi connectivity index (χ1v) is 4.32. The van der Waals surface area contributed by atoms with Crippen LogP contribution in [-0.2, 0) is 14.3 Å². The van der Waals surface area contributed by atoms with Gasteiger partial charge in [-0.15, -0.1) is 0 Å². The lowest BCUT2D eigenvalue weighted by molar-refractivity contribution is -0.149. The molecule has 0 aromatic heterocycles. The monoisotopic (exact) mass is 182 g/mol. The summed E-state index contributed by atoms with van der Waals surface area (Å²) in [6, 6.07) is 0. The predicted molar refractivity (Wildman–Crippen MR) is 48.1 cm³/mol. The van der Waals surface area contributed by atoms with Crippen LogP contribution in [0.1, 0.15) is 26.7 Å². The van der Waals surface area contributed by atoms with Gasteiger partial charge in [0.2, 0.25) is 0 Å². The summed E-state index contributed by atoms with van der Waals surface area (Å²) in [5, 5.41) is 0. The zero-order valence-corrected chi connectivity index (χ0v) is 8.22. The van der Waals surface area contributed by atoms with Crippen LogP contribution in [0.2, 0.25) is 0 Å². The number of ether oxygens (including phenoxy) is 1. The minimum atomic E-state index is -0.561. The number of carbonyl (C=O) groups is 2. The quantitative estimate of drug-likeness (QED) is 0.350. The van der Waals surface area contributed by atoms with Crippen molar-refractivity contribution in [2.75, 3.05) is 7.11 Å². The Morgan fingerprint density at radius 3 is 2.54 bits per heavy atom. The maximum absolute atomic E-state index is 11.4. The van der Waals surface area contributed by atoms with Gasteiger partial charge in [0, 0.05) is 6.42 Å². The first-order valence-electron chi connectivity index (χ1n) is 4.32. The largest absolute Gasteiger partial charge is 0.468 e. The molecule has 72 valence electrons. The lowest BCUT2D eigenvalue weighted by Gasteiger charge is -2.20. The Bertz CT molecular complexity index is 276. The van der Waals surface area contributed by atoms with Crippen molar-refractivity contribution in [3.8, 4) is 0 Å². The lowest BCUT2D eigenvalue weighted by atomic mass is 9.84. The van der Waals surface area contributed by atoms with Gasteiger partial charge >= 0.3 is 5.97 Å². The van der Waals surface area contributed by atoms with E-state index >= 15 is 0 Å². The summed E-state index contributed by atoms with van der Waals surface area (Å²) < 4.78 is 4.56. The molecular weight excluding hydrogens is 168 g/mol. The molecule has 1 unspecified atom stereocenters.